The molecule has 2 N–H and O–H groups in total. The number of halogens is 2. The summed E-state index contributed by atoms with van der Waals surface area (Å²) in [5, 5.41) is 14.5. The molecule has 0 radical (unpaired) electrons. The minimum absolute atomic E-state index is 0.0877. The van der Waals surface area contributed by atoms with Gasteiger partial charge in [0.25, 0.3) is 0 Å². The number of aliphatic hydroxyl groups excluding tert-OH is 1. The van der Waals surface area contributed by atoms with Gasteiger partial charge in [0.2, 0.25) is 0 Å². The molecule has 88 valence electrons. The third-order valence-corrected chi connectivity index (χ3v) is 3.86. The Morgan fingerprint density at radius 1 is 1.31 bits per heavy atom. The molecule has 0 spiro atoms. The van der Waals surface area contributed by atoms with Gasteiger partial charge in [0.1, 0.15) is 0 Å². The molecule has 1 heterocycles. The summed E-state index contributed by atoms with van der Waals surface area (Å²) in [6.45, 7) is 0.958. The number of hydrogen-bond acceptors (Lipinski definition) is 2. The average Bonchev–Trinajstić information content (AvgIpc) is 2.33. The van der Waals surface area contributed by atoms with E-state index in [0.29, 0.717) is 15.6 Å². The van der Waals surface area contributed by atoms with Crippen molar-refractivity contribution in [3.63, 3.8) is 0 Å². The Morgan fingerprint density at radius 3 is 2.81 bits per heavy atom. The third-order valence-electron chi connectivity index (χ3n) is 3.03. The molecule has 1 aliphatic rings. The summed E-state index contributed by atoms with van der Waals surface area (Å²) in [5.74, 6) is 0. The molecule has 1 aliphatic heterocycles. The second-order valence-corrected chi connectivity index (χ2v) is 4.93. The van der Waals surface area contributed by atoms with E-state index in [1.807, 2.05) is 12.1 Å². The van der Waals surface area contributed by atoms with Gasteiger partial charge in [-0.15, -0.1) is 0 Å². The Labute approximate surface area is 106 Å². The average molecular weight is 260 g/mol. The lowest BCUT2D eigenvalue weighted by Gasteiger charge is -2.28. The lowest BCUT2D eigenvalue weighted by atomic mass is 9.95. The highest BCUT2D eigenvalue weighted by atomic mass is 35.5. The van der Waals surface area contributed by atoms with Crippen LogP contribution in [0.15, 0.2) is 18.2 Å². The smallest absolute Gasteiger partial charge is 0.0957 e. The highest BCUT2D eigenvalue weighted by molar-refractivity contribution is 6.42. The zero-order valence-corrected chi connectivity index (χ0v) is 10.4. The van der Waals surface area contributed by atoms with Crippen LogP contribution in [0.5, 0.6) is 0 Å². The van der Waals surface area contributed by atoms with E-state index in [1.54, 1.807) is 6.07 Å². The van der Waals surface area contributed by atoms with Gasteiger partial charge in [0, 0.05) is 11.6 Å². The number of benzene rings is 1. The lowest BCUT2D eigenvalue weighted by molar-refractivity contribution is 0.114. The van der Waals surface area contributed by atoms with E-state index in [9.17, 15) is 5.11 Å². The summed E-state index contributed by atoms with van der Waals surface area (Å²) in [6.07, 6.45) is 2.72. The van der Waals surface area contributed by atoms with Crippen LogP contribution in [0.2, 0.25) is 10.0 Å². The quantitative estimate of drug-likeness (QED) is 0.856. The molecule has 2 atom stereocenters. The van der Waals surface area contributed by atoms with Crippen molar-refractivity contribution in [1.82, 2.24) is 5.32 Å². The van der Waals surface area contributed by atoms with Gasteiger partial charge in [-0.1, -0.05) is 41.8 Å². The maximum atomic E-state index is 10.2. The second kappa shape index (κ2) is 5.37. The Bertz CT molecular complexity index is 364. The monoisotopic (exact) mass is 259 g/mol. The molecule has 2 nitrogen and oxygen atoms in total. The largest absolute Gasteiger partial charge is 0.387 e. The number of nitrogens with one attached hydrogen (secondary N) is 1. The van der Waals surface area contributed by atoms with Crippen LogP contribution in [0.3, 0.4) is 0 Å². The van der Waals surface area contributed by atoms with E-state index in [0.717, 1.165) is 19.4 Å². The summed E-state index contributed by atoms with van der Waals surface area (Å²) in [7, 11) is 0. The van der Waals surface area contributed by atoms with Crippen LogP contribution in [-0.4, -0.2) is 17.7 Å². The van der Waals surface area contributed by atoms with Crippen molar-refractivity contribution in [2.45, 2.75) is 31.4 Å². The predicted molar refractivity (Wildman–Crippen MR) is 67.1 cm³/mol. The standard InChI is InChI=1S/C12H15Cl2NO/c13-9-5-3-4-8(11(9)14)12(16)10-6-1-2-7-15-10/h3-5,10,12,15-16H,1-2,6-7H2. The Kier molecular flexibility index (Phi) is 4.09. The first-order valence-corrected chi connectivity index (χ1v) is 6.31. The number of hydrogen-bond donors (Lipinski definition) is 2. The molecule has 0 amide bonds. The molecule has 1 fully saturated rings. The van der Waals surface area contributed by atoms with Crippen molar-refractivity contribution in [3.05, 3.63) is 33.8 Å². The van der Waals surface area contributed by atoms with Crippen LogP contribution >= 0.6 is 23.2 Å². The van der Waals surface area contributed by atoms with E-state index in [4.69, 9.17) is 23.2 Å². The summed E-state index contributed by atoms with van der Waals surface area (Å²) in [5.41, 5.74) is 0.716. The van der Waals surface area contributed by atoms with Crippen molar-refractivity contribution in [1.29, 1.82) is 0 Å². The summed E-state index contributed by atoms with van der Waals surface area (Å²) >= 11 is 12.0. The van der Waals surface area contributed by atoms with Crippen LogP contribution in [0.25, 0.3) is 0 Å². The Morgan fingerprint density at radius 2 is 2.12 bits per heavy atom. The molecular weight excluding hydrogens is 245 g/mol. The number of aliphatic hydroxyl groups is 1. The highest BCUT2D eigenvalue weighted by Gasteiger charge is 2.24. The van der Waals surface area contributed by atoms with Gasteiger partial charge in [-0.2, -0.15) is 0 Å². The fourth-order valence-electron chi connectivity index (χ4n) is 2.11. The molecule has 0 bridgehead atoms. The molecule has 2 rings (SSSR count). The normalized spacial score (nSPS) is 23.1. The van der Waals surface area contributed by atoms with Crippen molar-refractivity contribution < 1.29 is 5.11 Å². The molecule has 0 aromatic heterocycles. The van der Waals surface area contributed by atoms with Crippen LogP contribution in [0, 0.1) is 0 Å². The van der Waals surface area contributed by atoms with Crippen molar-refractivity contribution in [2.75, 3.05) is 6.54 Å². The zero-order chi connectivity index (χ0) is 11.5. The molecule has 16 heavy (non-hydrogen) atoms. The van der Waals surface area contributed by atoms with Gasteiger partial charge < -0.3 is 10.4 Å². The van der Waals surface area contributed by atoms with E-state index >= 15 is 0 Å². The maximum Gasteiger partial charge on any atom is 0.0957 e. The van der Waals surface area contributed by atoms with Crippen molar-refractivity contribution >= 4 is 23.2 Å². The second-order valence-electron chi connectivity index (χ2n) is 4.14. The van der Waals surface area contributed by atoms with E-state index in [-0.39, 0.29) is 6.04 Å². The third kappa shape index (κ3) is 2.51. The number of rotatable bonds is 2. The van der Waals surface area contributed by atoms with Gasteiger partial charge >= 0.3 is 0 Å². The fourth-order valence-corrected chi connectivity index (χ4v) is 2.53. The van der Waals surface area contributed by atoms with Gasteiger partial charge in [0.05, 0.1) is 16.1 Å². The molecular formula is C12H15Cl2NO. The van der Waals surface area contributed by atoms with Crippen LogP contribution < -0.4 is 5.32 Å². The van der Waals surface area contributed by atoms with E-state index in [1.165, 1.54) is 6.42 Å². The van der Waals surface area contributed by atoms with Crippen LogP contribution in [0.4, 0.5) is 0 Å². The molecule has 1 aromatic carbocycles. The predicted octanol–water partition coefficient (Wildman–Crippen LogP) is 3.17. The minimum Gasteiger partial charge on any atom is -0.387 e. The van der Waals surface area contributed by atoms with Crippen molar-refractivity contribution in [3.8, 4) is 0 Å². The highest BCUT2D eigenvalue weighted by Crippen LogP contribution is 2.32. The minimum atomic E-state index is -0.577. The molecule has 0 aliphatic carbocycles. The molecule has 4 heteroatoms. The fraction of sp³-hybridized carbons (Fsp3) is 0.500. The number of piperidine rings is 1. The maximum absolute atomic E-state index is 10.2. The first-order chi connectivity index (χ1) is 7.70. The van der Waals surface area contributed by atoms with E-state index < -0.39 is 6.10 Å². The molecule has 0 saturated carbocycles. The van der Waals surface area contributed by atoms with Crippen LogP contribution in [0.1, 0.15) is 30.9 Å². The Balaban J connectivity index is 2.19. The van der Waals surface area contributed by atoms with Crippen molar-refractivity contribution in [2.24, 2.45) is 0 Å². The molecule has 2 unspecified atom stereocenters. The van der Waals surface area contributed by atoms with Crippen LogP contribution in [-0.2, 0) is 0 Å². The van der Waals surface area contributed by atoms with Gasteiger partial charge in [-0.25, -0.2) is 0 Å². The summed E-state index contributed by atoms with van der Waals surface area (Å²) in [6, 6.07) is 5.46. The van der Waals surface area contributed by atoms with Gasteiger partial charge in [0.15, 0.2) is 0 Å². The Hall–Kier alpha value is -0.280. The lowest BCUT2D eigenvalue weighted by Crippen LogP contribution is -2.38. The first kappa shape index (κ1) is 12.2. The zero-order valence-electron chi connectivity index (χ0n) is 8.92. The van der Waals surface area contributed by atoms with Gasteiger partial charge in [-0.3, -0.25) is 0 Å². The van der Waals surface area contributed by atoms with E-state index in [2.05, 4.69) is 5.32 Å². The summed E-state index contributed by atoms with van der Waals surface area (Å²) in [4.78, 5) is 0. The molecule has 1 aromatic rings. The topological polar surface area (TPSA) is 32.3 Å². The first-order valence-electron chi connectivity index (χ1n) is 5.55. The molecule has 1 saturated heterocycles. The van der Waals surface area contributed by atoms with Gasteiger partial charge in [-0.05, 0) is 25.5 Å². The SMILES string of the molecule is OC(c1cccc(Cl)c1Cl)C1CCCCN1. The summed E-state index contributed by atoms with van der Waals surface area (Å²) < 4.78 is 0.